The van der Waals surface area contributed by atoms with E-state index in [4.69, 9.17) is 0 Å². The van der Waals surface area contributed by atoms with Crippen molar-refractivity contribution in [2.75, 3.05) is 13.1 Å². The number of carbonyl (C=O) groups excluding carboxylic acids is 2. The van der Waals surface area contributed by atoms with E-state index in [1.165, 1.54) is 0 Å². The summed E-state index contributed by atoms with van der Waals surface area (Å²) in [6, 6.07) is -1.95. The Balaban J connectivity index is 2.01. The van der Waals surface area contributed by atoms with Crippen LogP contribution in [-0.2, 0) is 9.59 Å². The van der Waals surface area contributed by atoms with Crippen LogP contribution in [0, 0.1) is 10.1 Å². The van der Waals surface area contributed by atoms with Gasteiger partial charge in [0.25, 0.3) is 0 Å². The van der Waals surface area contributed by atoms with E-state index in [1.807, 2.05) is 0 Å². The lowest BCUT2D eigenvalue weighted by molar-refractivity contribution is -0.494. The number of rotatable bonds is 2. The number of nitrogens with one attached hydrogen (secondary N) is 4. The molecule has 0 bridgehead atoms. The van der Waals surface area contributed by atoms with Gasteiger partial charge in [-0.15, -0.1) is 5.10 Å². The quantitative estimate of drug-likeness (QED) is 0.230. The van der Waals surface area contributed by atoms with Gasteiger partial charge in [-0.3, -0.25) is 30.3 Å². The molecule has 2 rings (SSSR count). The Kier molecular flexibility index (Phi) is 3.03. The Morgan fingerprint density at radius 3 is 2.56 bits per heavy atom. The molecule has 1 fully saturated rings. The van der Waals surface area contributed by atoms with Gasteiger partial charge in [-0.25, -0.2) is 10.4 Å². The Bertz CT molecular complexity index is 450. The van der Waals surface area contributed by atoms with Crippen molar-refractivity contribution in [3.8, 4) is 0 Å². The minimum atomic E-state index is -1.95. The second kappa shape index (κ2) is 4.65. The molecule has 0 aromatic rings. The molecule has 0 spiro atoms. The number of guanidine groups is 2. The van der Waals surface area contributed by atoms with Crippen molar-refractivity contribution >= 4 is 23.7 Å². The summed E-state index contributed by atoms with van der Waals surface area (Å²) in [5.74, 6) is -1.89. The van der Waals surface area contributed by atoms with Crippen LogP contribution < -0.4 is 21.4 Å². The Hall–Kier alpha value is -2.72. The maximum atomic E-state index is 11.3. The minimum Gasteiger partial charge on any atom is -0.353 e. The van der Waals surface area contributed by atoms with Crippen LogP contribution in [-0.4, -0.2) is 47.8 Å². The highest BCUT2D eigenvalue weighted by Gasteiger charge is 2.43. The van der Waals surface area contributed by atoms with E-state index < -0.39 is 22.8 Å². The summed E-state index contributed by atoms with van der Waals surface area (Å²) in [6.07, 6.45) is 0. The summed E-state index contributed by atoms with van der Waals surface area (Å²) in [5.41, 5.74) is 2.46. The molecule has 0 aromatic carbocycles. The van der Waals surface area contributed by atoms with E-state index in [9.17, 15) is 19.7 Å². The summed E-state index contributed by atoms with van der Waals surface area (Å²) in [6.45, 7) is 1.25. The zero-order chi connectivity index (χ0) is 13.1. The second-order valence-corrected chi connectivity index (χ2v) is 3.40. The number of hydrogen-bond acceptors (Lipinski definition) is 8. The van der Waals surface area contributed by atoms with Crippen molar-refractivity contribution in [1.29, 1.82) is 0 Å². The van der Waals surface area contributed by atoms with Crippen LogP contribution in [0.15, 0.2) is 10.1 Å². The summed E-state index contributed by atoms with van der Waals surface area (Å²) in [5, 5.41) is 21.1. The molecule has 2 aliphatic rings. The standard InChI is InChI=1S/C7H9N7O4/c15-4-3(14(17)18)5(16)11-7(10-4)13-12-6-8-1-2-9-6/h3H,1-2H2,(H2,8,9,12)(H2,10,11,13,15,16). The van der Waals surface area contributed by atoms with Gasteiger partial charge in [-0.2, -0.15) is 0 Å². The fourth-order valence-corrected chi connectivity index (χ4v) is 1.35. The highest BCUT2D eigenvalue weighted by atomic mass is 16.6. The van der Waals surface area contributed by atoms with E-state index in [2.05, 4.69) is 31.5 Å². The average molecular weight is 255 g/mol. The third-order valence-corrected chi connectivity index (χ3v) is 2.14. The largest absolute Gasteiger partial charge is 0.366 e. The lowest BCUT2D eigenvalue weighted by Gasteiger charge is -2.17. The molecule has 0 aliphatic carbocycles. The number of nitrogens with zero attached hydrogens (tertiary/aromatic N) is 3. The van der Waals surface area contributed by atoms with Gasteiger partial charge in [0.05, 0.1) is 6.54 Å². The topological polar surface area (TPSA) is 150 Å². The van der Waals surface area contributed by atoms with Crippen molar-refractivity contribution in [3.05, 3.63) is 10.1 Å². The monoisotopic (exact) mass is 255 g/mol. The molecular formula is C7H9N7O4. The fraction of sp³-hybridized carbons (Fsp3) is 0.429. The molecule has 4 N–H and O–H groups in total. The fourth-order valence-electron chi connectivity index (χ4n) is 1.35. The molecule has 11 heteroatoms. The van der Waals surface area contributed by atoms with E-state index >= 15 is 0 Å². The maximum Gasteiger partial charge on any atom is 0.366 e. The first-order valence-electron chi connectivity index (χ1n) is 4.95. The van der Waals surface area contributed by atoms with Gasteiger partial charge in [-0.05, 0) is 0 Å². The molecule has 96 valence electrons. The number of hydrazone groups is 1. The van der Waals surface area contributed by atoms with Crippen LogP contribution >= 0.6 is 0 Å². The zero-order valence-corrected chi connectivity index (χ0v) is 8.97. The number of carbonyl (C=O) groups is 2. The maximum absolute atomic E-state index is 11.3. The first kappa shape index (κ1) is 11.8. The van der Waals surface area contributed by atoms with Gasteiger partial charge in [-0.1, -0.05) is 0 Å². The molecule has 0 saturated carbocycles. The second-order valence-electron chi connectivity index (χ2n) is 3.40. The van der Waals surface area contributed by atoms with Gasteiger partial charge in [0.2, 0.25) is 11.9 Å². The number of amides is 2. The van der Waals surface area contributed by atoms with Crippen molar-refractivity contribution in [2.24, 2.45) is 10.1 Å². The molecule has 0 radical (unpaired) electrons. The lowest BCUT2D eigenvalue weighted by Crippen LogP contribution is -2.62. The number of aliphatic imine (C=N–C) groups is 1. The van der Waals surface area contributed by atoms with Gasteiger partial charge < -0.3 is 5.32 Å². The van der Waals surface area contributed by atoms with Crippen LogP contribution in [0.1, 0.15) is 0 Å². The van der Waals surface area contributed by atoms with Crippen LogP contribution in [0.4, 0.5) is 0 Å². The SMILES string of the molecule is O=C1NC(=NNC2=NCCN2)NC(=O)C1[N+](=O)[O-]. The smallest absolute Gasteiger partial charge is 0.353 e. The zero-order valence-electron chi connectivity index (χ0n) is 8.97. The van der Waals surface area contributed by atoms with E-state index in [0.717, 1.165) is 0 Å². The van der Waals surface area contributed by atoms with Crippen molar-refractivity contribution < 1.29 is 14.5 Å². The van der Waals surface area contributed by atoms with Crippen molar-refractivity contribution in [2.45, 2.75) is 6.04 Å². The normalized spacial score (nSPS) is 22.6. The van der Waals surface area contributed by atoms with Gasteiger partial charge in [0.15, 0.2) is 0 Å². The molecule has 11 nitrogen and oxygen atoms in total. The highest BCUT2D eigenvalue weighted by molar-refractivity contribution is 6.19. The first-order chi connectivity index (χ1) is 8.58. The molecule has 2 aliphatic heterocycles. The molecule has 2 heterocycles. The number of hydrogen-bond donors (Lipinski definition) is 4. The molecule has 2 amide bonds. The van der Waals surface area contributed by atoms with Gasteiger partial charge in [0.1, 0.15) is 0 Å². The molecule has 18 heavy (non-hydrogen) atoms. The predicted octanol–water partition coefficient (Wildman–Crippen LogP) is -3.30. The first-order valence-corrected chi connectivity index (χ1v) is 4.95. The summed E-state index contributed by atoms with van der Waals surface area (Å²) in [4.78, 5) is 36.0. The summed E-state index contributed by atoms with van der Waals surface area (Å²) < 4.78 is 0. The van der Waals surface area contributed by atoms with Crippen LogP contribution in [0.3, 0.4) is 0 Å². The van der Waals surface area contributed by atoms with Crippen LogP contribution in [0.5, 0.6) is 0 Å². The van der Waals surface area contributed by atoms with E-state index in [-0.39, 0.29) is 5.96 Å². The van der Waals surface area contributed by atoms with E-state index in [1.54, 1.807) is 0 Å². The molecular weight excluding hydrogens is 246 g/mol. The predicted molar refractivity (Wildman–Crippen MR) is 57.9 cm³/mol. The third-order valence-electron chi connectivity index (χ3n) is 2.14. The van der Waals surface area contributed by atoms with Crippen molar-refractivity contribution in [3.63, 3.8) is 0 Å². The minimum absolute atomic E-state index is 0.209. The third kappa shape index (κ3) is 2.34. The highest BCUT2D eigenvalue weighted by Crippen LogP contribution is 1.96. The Morgan fingerprint density at radius 1 is 1.39 bits per heavy atom. The van der Waals surface area contributed by atoms with Gasteiger partial charge >= 0.3 is 17.9 Å². The van der Waals surface area contributed by atoms with Crippen LogP contribution in [0.25, 0.3) is 0 Å². The van der Waals surface area contributed by atoms with Crippen molar-refractivity contribution in [1.82, 2.24) is 21.4 Å². The summed E-state index contributed by atoms with van der Waals surface area (Å²) >= 11 is 0. The lowest BCUT2D eigenvalue weighted by atomic mass is 10.2. The molecule has 0 unspecified atom stereocenters. The molecule has 0 atom stereocenters. The molecule has 0 aromatic heterocycles. The van der Waals surface area contributed by atoms with E-state index in [0.29, 0.717) is 19.0 Å². The Labute approximate surface area is 99.9 Å². The Morgan fingerprint density at radius 2 is 2.06 bits per heavy atom. The van der Waals surface area contributed by atoms with Gasteiger partial charge in [0, 0.05) is 11.5 Å². The average Bonchev–Trinajstić information content (AvgIpc) is 2.77. The number of nitro groups is 1. The molecule has 1 saturated heterocycles. The summed E-state index contributed by atoms with van der Waals surface area (Å²) in [7, 11) is 0. The van der Waals surface area contributed by atoms with Crippen LogP contribution in [0.2, 0.25) is 0 Å².